The van der Waals surface area contributed by atoms with E-state index in [1.54, 1.807) is 19.1 Å². The standard InChI is InChI=1S/C15H22N2O3/c1-4-15(3,9-10-18)17-14(20)13(19)16-12-7-5-11(2)6-8-12/h5-8,18H,4,9-10H2,1-3H3,(H,16,19)(H,17,20). The largest absolute Gasteiger partial charge is 0.396 e. The molecule has 110 valence electrons. The molecule has 1 unspecified atom stereocenters. The molecule has 0 saturated heterocycles. The molecule has 3 N–H and O–H groups in total. The average Bonchev–Trinajstić information content (AvgIpc) is 2.41. The van der Waals surface area contributed by atoms with Crippen molar-refractivity contribution in [2.75, 3.05) is 11.9 Å². The smallest absolute Gasteiger partial charge is 0.313 e. The van der Waals surface area contributed by atoms with Gasteiger partial charge in [0.05, 0.1) is 0 Å². The Bertz CT molecular complexity index is 471. The first-order valence-electron chi connectivity index (χ1n) is 6.71. The van der Waals surface area contributed by atoms with Gasteiger partial charge in [-0.25, -0.2) is 0 Å². The SMILES string of the molecule is CCC(C)(CCO)NC(=O)C(=O)Nc1ccc(C)cc1. The summed E-state index contributed by atoms with van der Waals surface area (Å²) in [6, 6.07) is 7.20. The van der Waals surface area contributed by atoms with Gasteiger partial charge in [0.25, 0.3) is 0 Å². The van der Waals surface area contributed by atoms with Gasteiger partial charge in [0.2, 0.25) is 0 Å². The fourth-order valence-corrected chi connectivity index (χ4v) is 1.73. The number of hydrogen-bond acceptors (Lipinski definition) is 3. The maximum Gasteiger partial charge on any atom is 0.313 e. The molecule has 0 spiro atoms. The van der Waals surface area contributed by atoms with Crippen molar-refractivity contribution in [3.63, 3.8) is 0 Å². The minimum Gasteiger partial charge on any atom is -0.396 e. The molecule has 5 nitrogen and oxygen atoms in total. The topological polar surface area (TPSA) is 78.4 Å². The predicted molar refractivity (Wildman–Crippen MR) is 78.4 cm³/mol. The van der Waals surface area contributed by atoms with E-state index in [9.17, 15) is 9.59 Å². The predicted octanol–water partition coefficient (Wildman–Crippen LogP) is 1.60. The number of nitrogens with one attached hydrogen (secondary N) is 2. The van der Waals surface area contributed by atoms with Gasteiger partial charge >= 0.3 is 11.8 Å². The van der Waals surface area contributed by atoms with E-state index >= 15 is 0 Å². The second kappa shape index (κ2) is 7.05. The van der Waals surface area contributed by atoms with Gasteiger partial charge in [-0.1, -0.05) is 24.6 Å². The molecule has 0 aliphatic carbocycles. The van der Waals surface area contributed by atoms with Gasteiger partial charge in [0.15, 0.2) is 0 Å². The number of carbonyl (C=O) groups is 2. The highest BCUT2D eigenvalue weighted by Crippen LogP contribution is 2.14. The molecule has 1 aromatic rings. The summed E-state index contributed by atoms with van der Waals surface area (Å²) in [6.45, 7) is 5.61. The van der Waals surface area contributed by atoms with Crippen molar-refractivity contribution >= 4 is 17.5 Å². The molecule has 0 bridgehead atoms. The maximum absolute atomic E-state index is 11.9. The second-order valence-corrected chi connectivity index (χ2v) is 5.16. The molecule has 0 aliphatic heterocycles. The Kier molecular flexibility index (Phi) is 5.70. The van der Waals surface area contributed by atoms with E-state index in [-0.39, 0.29) is 6.61 Å². The Labute approximate surface area is 119 Å². The summed E-state index contributed by atoms with van der Waals surface area (Å²) in [5, 5.41) is 14.2. The molecule has 1 aromatic carbocycles. The van der Waals surface area contributed by atoms with Crippen LogP contribution in [-0.4, -0.2) is 29.1 Å². The Morgan fingerprint density at radius 3 is 2.30 bits per heavy atom. The van der Waals surface area contributed by atoms with Crippen molar-refractivity contribution in [2.24, 2.45) is 0 Å². The molecular formula is C15H22N2O3. The van der Waals surface area contributed by atoms with Crippen LogP contribution in [0.15, 0.2) is 24.3 Å². The minimum absolute atomic E-state index is 0.0375. The summed E-state index contributed by atoms with van der Waals surface area (Å²) >= 11 is 0. The van der Waals surface area contributed by atoms with Crippen molar-refractivity contribution in [3.8, 4) is 0 Å². The number of anilines is 1. The number of aliphatic hydroxyl groups excluding tert-OH is 1. The summed E-state index contributed by atoms with van der Waals surface area (Å²) < 4.78 is 0. The summed E-state index contributed by atoms with van der Waals surface area (Å²) in [5.74, 6) is -1.39. The molecule has 0 aromatic heterocycles. The molecule has 0 fully saturated rings. The number of aryl methyl sites for hydroxylation is 1. The highest BCUT2D eigenvalue weighted by atomic mass is 16.3. The van der Waals surface area contributed by atoms with Gasteiger partial charge < -0.3 is 15.7 Å². The number of aliphatic hydroxyl groups is 1. The van der Waals surface area contributed by atoms with Gasteiger partial charge in [-0.3, -0.25) is 9.59 Å². The Hall–Kier alpha value is -1.88. The Morgan fingerprint density at radius 2 is 1.80 bits per heavy atom. The fraction of sp³-hybridized carbons (Fsp3) is 0.467. The zero-order chi connectivity index (χ0) is 15.2. The summed E-state index contributed by atoms with van der Waals surface area (Å²) in [7, 11) is 0. The number of rotatable bonds is 5. The van der Waals surface area contributed by atoms with Crippen molar-refractivity contribution in [1.82, 2.24) is 5.32 Å². The number of carbonyl (C=O) groups excluding carboxylic acids is 2. The highest BCUT2D eigenvalue weighted by molar-refractivity contribution is 6.39. The van der Waals surface area contributed by atoms with Crippen LogP contribution in [0.4, 0.5) is 5.69 Å². The third-order valence-electron chi connectivity index (χ3n) is 3.37. The molecule has 5 heteroatoms. The van der Waals surface area contributed by atoms with Crippen LogP contribution in [0.1, 0.15) is 32.3 Å². The van der Waals surface area contributed by atoms with Crippen LogP contribution >= 0.6 is 0 Å². The van der Waals surface area contributed by atoms with Crippen LogP contribution in [-0.2, 0) is 9.59 Å². The first kappa shape index (κ1) is 16.2. The molecule has 0 aliphatic rings. The quantitative estimate of drug-likeness (QED) is 0.716. The highest BCUT2D eigenvalue weighted by Gasteiger charge is 2.26. The van der Waals surface area contributed by atoms with E-state index < -0.39 is 17.4 Å². The normalized spacial score (nSPS) is 13.4. The molecule has 1 rings (SSSR count). The first-order valence-corrected chi connectivity index (χ1v) is 6.71. The Morgan fingerprint density at radius 1 is 1.20 bits per heavy atom. The van der Waals surface area contributed by atoms with Crippen LogP contribution in [0.3, 0.4) is 0 Å². The molecule has 2 amide bonds. The van der Waals surface area contributed by atoms with E-state index in [2.05, 4.69) is 10.6 Å². The maximum atomic E-state index is 11.9. The summed E-state index contributed by atoms with van der Waals surface area (Å²) in [6.07, 6.45) is 1.05. The molecule has 0 heterocycles. The molecule has 0 saturated carbocycles. The summed E-state index contributed by atoms with van der Waals surface area (Å²) in [5.41, 5.74) is 1.08. The van der Waals surface area contributed by atoms with E-state index in [0.717, 1.165) is 5.56 Å². The number of hydrogen-bond donors (Lipinski definition) is 3. The van der Waals surface area contributed by atoms with E-state index in [0.29, 0.717) is 18.5 Å². The second-order valence-electron chi connectivity index (χ2n) is 5.16. The van der Waals surface area contributed by atoms with Crippen molar-refractivity contribution in [1.29, 1.82) is 0 Å². The van der Waals surface area contributed by atoms with E-state index in [1.807, 2.05) is 26.0 Å². The zero-order valence-electron chi connectivity index (χ0n) is 12.2. The minimum atomic E-state index is -0.702. The lowest BCUT2D eigenvalue weighted by Gasteiger charge is -2.28. The van der Waals surface area contributed by atoms with Gasteiger partial charge in [-0.15, -0.1) is 0 Å². The van der Waals surface area contributed by atoms with Crippen LogP contribution in [0.25, 0.3) is 0 Å². The Balaban J connectivity index is 2.63. The molecule has 0 radical (unpaired) electrons. The number of benzene rings is 1. The van der Waals surface area contributed by atoms with Crippen molar-refractivity contribution in [3.05, 3.63) is 29.8 Å². The van der Waals surface area contributed by atoms with Gasteiger partial charge in [0.1, 0.15) is 0 Å². The lowest BCUT2D eigenvalue weighted by Crippen LogP contribution is -2.50. The van der Waals surface area contributed by atoms with Gasteiger partial charge in [0, 0.05) is 17.8 Å². The van der Waals surface area contributed by atoms with Crippen LogP contribution in [0.2, 0.25) is 0 Å². The van der Waals surface area contributed by atoms with Gasteiger partial charge in [-0.05, 0) is 38.8 Å². The number of amides is 2. The van der Waals surface area contributed by atoms with Crippen molar-refractivity contribution in [2.45, 2.75) is 39.2 Å². The van der Waals surface area contributed by atoms with Crippen LogP contribution in [0.5, 0.6) is 0 Å². The molecular weight excluding hydrogens is 256 g/mol. The van der Waals surface area contributed by atoms with E-state index in [1.165, 1.54) is 0 Å². The van der Waals surface area contributed by atoms with Crippen LogP contribution < -0.4 is 10.6 Å². The van der Waals surface area contributed by atoms with Crippen LogP contribution in [0, 0.1) is 6.92 Å². The lowest BCUT2D eigenvalue weighted by atomic mass is 9.95. The summed E-state index contributed by atoms with van der Waals surface area (Å²) in [4.78, 5) is 23.7. The van der Waals surface area contributed by atoms with Crippen molar-refractivity contribution < 1.29 is 14.7 Å². The molecule has 20 heavy (non-hydrogen) atoms. The average molecular weight is 278 g/mol. The lowest BCUT2D eigenvalue weighted by molar-refractivity contribution is -0.137. The first-order chi connectivity index (χ1) is 9.40. The van der Waals surface area contributed by atoms with E-state index in [4.69, 9.17) is 5.11 Å². The van der Waals surface area contributed by atoms with Gasteiger partial charge in [-0.2, -0.15) is 0 Å². The molecule has 1 atom stereocenters. The third-order valence-corrected chi connectivity index (χ3v) is 3.37. The monoisotopic (exact) mass is 278 g/mol. The third kappa shape index (κ3) is 4.66. The fourth-order valence-electron chi connectivity index (χ4n) is 1.73. The zero-order valence-corrected chi connectivity index (χ0v) is 12.2.